The molecule has 1 saturated heterocycles. The second-order valence-electron chi connectivity index (χ2n) is 16.9. The summed E-state index contributed by atoms with van der Waals surface area (Å²) in [5, 5.41) is 14.9. The van der Waals surface area contributed by atoms with Gasteiger partial charge < -0.3 is 19.6 Å². The molecular formula is C52H45N7O7S4. The molecule has 14 nitrogen and oxygen atoms in total. The molecule has 7 aromatic rings. The number of thiazole rings is 1. The number of esters is 1. The van der Waals surface area contributed by atoms with Crippen molar-refractivity contribution in [3.8, 4) is 0 Å². The van der Waals surface area contributed by atoms with Gasteiger partial charge in [-0.25, -0.2) is 14.6 Å². The minimum absolute atomic E-state index is 0.0376. The number of fused-ring (bicyclic) bond motifs is 1. The SMILES string of the molecule is CC(C)(C)OC(=O)Nc1nc(/C(=N/OC(c2ccccc2)(c2ccccc2)c2ccccc2)C(=O)NC2SC3CC(=O)N3C(C(=O)OC(c3ccccc3)c3ccccc3)=C2CSc2cnns2)cs1. The summed E-state index contributed by atoms with van der Waals surface area (Å²) in [6, 6.07) is 47.4. The van der Waals surface area contributed by atoms with Gasteiger partial charge in [-0.05, 0) is 43.4 Å². The van der Waals surface area contributed by atoms with Crippen LogP contribution >= 0.6 is 46.4 Å². The minimum Gasteiger partial charge on any atom is -0.448 e. The highest BCUT2D eigenvalue weighted by atomic mass is 32.2. The zero-order chi connectivity index (χ0) is 48.7. The van der Waals surface area contributed by atoms with E-state index in [1.165, 1.54) is 40.0 Å². The number of nitrogens with zero attached hydrogens (tertiary/aromatic N) is 5. The smallest absolute Gasteiger partial charge is 0.413 e. The molecule has 2 unspecified atom stereocenters. The van der Waals surface area contributed by atoms with Crippen molar-refractivity contribution in [2.24, 2.45) is 5.16 Å². The predicted octanol–water partition coefficient (Wildman–Crippen LogP) is 10.2. The van der Waals surface area contributed by atoms with Gasteiger partial charge >= 0.3 is 12.1 Å². The van der Waals surface area contributed by atoms with E-state index in [0.29, 0.717) is 5.57 Å². The quantitative estimate of drug-likeness (QED) is 0.0235. The monoisotopic (exact) mass is 1010 g/mol. The van der Waals surface area contributed by atoms with Crippen molar-refractivity contribution in [1.29, 1.82) is 0 Å². The lowest BCUT2D eigenvalue weighted by Crippen LogP contribution is -2.58. The van der Waals surface area contributed by atoms with Crippen molar-refractivity contribution in [2.75, 3.05) is 11.1 Å². The van der Waals surface area contributed by atoms with Crippen molar-refractivity contribution in [3.05, 3.63) is 208 Å². The lowest BCUT2D eigenvalue weighted by molar-refractivity contribution is -0.152. The average Bonchev–Trinajstić information content (AvgIpc) is 4.07. The first kappa shape index (κ1) is 47.9. The number of thioether (sulfide) groups is 2. The third kappa shape index (κ3) is 10.7. The first-order valence-electron chi connectivity index (χ1n) is 22.1. The molecule has 2 atom stereocenters. The third-order valence-corrected chi connectivity index (χ3v) is 15.0. The Balaban J connectivity index is 1.14. The molecule has 0 saturated carbocycles. The van der Waals surface area contributed by atoms with Crippen molar-refractivity contribution in [3.63, 3.8) is 0 Å². The number of benzene rings is 5. The summed E-state index contributed by atoms with van der Waals surface area (Å²) in [6.07, 6.45) is 0.188. The standard InChI is InChI=1S/C52H45N7O7S4/c1-51(2,3)65-50(63)56-49-54-39(32-68-49)43(57-66-52(35-23-13-6-14-24-35,36-25-15-7-16-26-36)37-27-17-8-18-28-37)46(61)55-47-38(31-67-42-30-53-58-70-42)44(59-40(60)29-41(59)69-47)48(62)64-45(33-19-9-4-10-20-33)34-21-11-5-12-22-34/h4-28,30,32,41,45,47H,29,31H2,1-3H3,(H,55,61)(H,54,56,63)/b57-43-. The van der Waals surface area contributed by atoms with E-state index >= 15 is 4.79 Å². The Kier molecular flexibility index (Phi) is 14.6. The van der Waals surface area contributed by atoms with Gasteiger partial charge in [0.1, 0.15) is 26.6 Å². The van der Waals surface area contributed by atoms with E-state index in [9.17, 15) is 14.4 Å². The molecule has 9 rings (SSSR count). The van der Waals surface area contributed by atoms with Crippen molar-refractivity contribution < 1.29 is 33.5 Å². The fourth-order valence-corrected chi connectivity index (χ4v) is 11.6. The number of anilines is 1. The van der Waals surface area contributed by atoms with Gasteiger partial charge in [0.05, 0.1) is 18.0 Å². The summed E-state index contributed by atoms with van der Waals surface area (Å²) >= 11 is 4.92. The number of aromatic nitrogens is 3. The molecule has 2 aliphatic heterocycles. The molecule has 18 heteroatoms. The zero-order valence-electron chi connectivity index (χ0n) is 38.0. The van der Waals surface area contributed by atoms with Gasteiger partial charge in [0, 0.05) is 33.4 Å². The Morgan fingerprint density at radius 3 is 1.89 bits per heavy atom. The summed E-state index contributed by atoms with van der Waals surface area (Å²) in [4.78, 5) is 69.7. The lowest BCUT2D eigenvalue weighted by atomic mass is 9.80. The number of carbonyl (C=O) groups excluding carboxylic acids is 4. The van der Waals surface area contributed by atoms with Gasteiger partial charge in [-0.2, -0.15) is 0 Å². The Hall–Kier alpha value is -7.12. The van der Waals surface area contributed by atoms with Crippen LogP contribution in [0.1, 0.15) is 66.8 Å². The normalized spacial score (nSPS) is 16.0. The molecule has 5 aromatic carbocycles. The highest BCUT2D eigenvalue weighted by molar-refractivity contribution is 8.02. The first-order chi connectivity index (χ1) is 34.0. The molecule has 3 amide bonds. The van der Waals surface area contributed by atoms with Crippen LogP contribution in [0.3, 0.4) is 0 Å². The maximum absolute atomic E-state index is 15.3. The second kappa shape index (κ2) is 21.3. The lowest BCUT2D eigenvalue weighted by Gasteiger charge is -2.47. The van der Waals surface area contributed by atoms with E-state index in [4.69, 9.17) is 19.5 Å². The molecule has 2 N–H and O–H groups in total. The summed E-state index contributed by atoms with van der Waals surface area (Å²) in [7, 11) is 0. The molecule has 4 heterocycles. The van der Waals surface area contributed by atoms with Crippen LogP contribution in [0.2, 0.25) is 0 Å². The van der Waals surface area contributed by atoms with Gasteiger partial charge in [-0.3, -0.25) is 19.8 Å². The predicted molar refractivity (Wildman–Crippen MR) is 272 cm³/mol. The highest BCUT2D eigenvalue weighted by Crippen LogP contribution is 2.46. The number of rotatable bonds is 16. The zero-order valence-corrected chi connectivity index (χ0v) is 41.2. The van der Waals surface area contributed by atoms with Gasteiger partial charge in [0.25, 0.3) is 5.91 Å². The van der Waals surface area contributed by atoms with Crippen molar-refractivity contribution >= 4 is 81.1 Å². The summed E-state index contributed by atoms with van der Waals surface area (Å²) < 4.78 is 16.7. The van der Waals surface area contributed by atoms with Crippen LogP contribution < -0.4 is 10.6 Å². The number of oxime groups is 1. The van der Waals surface area contributed by atoms with E-state index in [1.807, 2.05) is 152 Å². The Morgan fingerprint density at radius 2 is 1.37 bits per heavy atom. The highest BCUT2D eigenvalue weighted by Gasteiger charge is 2.50. The van der Waals surface area contributed by atoms with E-state index in [1.54, 1.807) is 32.3 Å². The maximum atomic E-state index is 15.3. The summed E-state index contributed by atoms with van der Waals surface area (Å²) in [6.45, 7) is 5.24. The van der Waals surface area contributed by atoms with Crippen LogP contribution in [0.25, 0.3) is 0 Å². The van der Waals surface area contributed by atoms with Crippen LogP contribution in [-0.4, -0.2) is 71.2 Å². The fraction of sp³-hybridized carbons (Fsp3) is 0.192. The van der Waals surface area contributed by atoms with E-state index in [0.717, 1.165) is 43.4 Å². The number of carbonyl (C=O) groups is 4. The van der Waals surface area contributed by atoms with Crippen molar-refractivity contribution in [1.82, 2.24) is 24.8 Å². The maximum Gasteiger partial charge on any atom is 0.413 e. The summed E-state index contributed by atoms with van der Waals surface area (Å²) in [5.74, 6) is -1.56. The molecule has 1 fully saturated rings. The third-order valence-electron chi connectivity index (χ3n) is 11.0. The number of amides is 3. The molecule has 0 spiro atoms. The first-order valence-corrected chi connectivity index (χ1v) is 25.7. The van der Waals surface area contributed by atoms with Crippen LogP contribution in [-0.2, 0) is 34.3 Å². The molecular weight excluding hydrogens is 963 g/mol. The largest absolute Gasteiger partial charge is 0.448 e. The average molecular weight is 1010 g/mol. The van der Waals surface area contributed by atoms with Crippen LogP contribution in [0, 0.1) is 0 Å². The minimum atomic E-state index is -1.38. The van der Waals surface area contributed by atoms with E-state index in [2.05, 4.69) is 25.2 Å². The molecule has 354 valence electrons. The fourth-order valence-electron chi connectivity index (χ4n) is 7.91. The molecule has 70 heavy (non-hydrogen) atoms. The van der Waals surface area contributed by atoms with E-state index in [-0.39, 0.29) is 40.3 Å². The number of hydrogen-bond donors (Lipinski definition) is 2. The number of nitrogens with one attached hydrogen (secondary N) is 2. The van der Waals surface area contributed by atoms with E-state index < -0.39 is 46.0 Å². The topological polar surface area (TPSA) is 174 Å². The van der Waals surface area contributed by atoms with Gasteiger partial charge in [-0.15, -0.1) is 40.0 Å². The molecule has 0 bridgehead atoms. The molecule has 2 aliphatic rings. The Bertz CT molecular complexity index is 2870. The van der Waals surface area contributed by atoms with Crippen LogP contribution in [0.15, 0.2) is 184 Å². The van der Waals surface area contributed by atoms with Gasteiger partial charge in [0.15, 0.2) is 16.9 Å². The van der Waals surface area contributed by atoms with Crippen LogP contribution in [0.4, 0.5) is 9.93 Å². The molecule has 0 aliphatic carbocycles. The van der Waals surface area contributed by atoms with Gasteiger partial charge in [0.2, 0.25) is 11.5 Å². The summed E-state index contributed by atoms with van der Waals surface area (Å²) in [5.41, 5.74) is 1.80. The second-order valence-corrected chi connectivity index (χ2v) is 21.1. The molecule has 2 aromatic heterocycles. The number of hydrogen-bond acceptors (Lipinski definition) is 15. The number of β-lactam (4-membered cyclic amide) rings is 1. The van der Waals surface area contributed by atoms with Crippen molar-refractivity contribution in [2.45, 2.75) is 59.5 Å². The Labute approximate surface area is 420 Å². The Morgan fingerprint density at radius 1 is 0.814 bits per heavy atom. The molecule has 0 radical (unpaired) electrons. The number of ether oxygens (including phenoxy) is 2. The van der Waals surface area contributed by atoms with Gasteiger partial charge in [-0.1, -0.05) is 161 Å². The van der Waals surface area contributed by atoms with Crippen LogP contribution in [0.5, 0.6) is 0 Å².